The number of urea groups is 1. The third-order valence-corrected chi connectivity index (χ3v) is 5.42. The maximum atomic E-state index is 12.5. The van der Waals surface area contributed by atoms with Crippen LogP contribution in [0.25, 0.3) is 0 Å². The van der Waals surface area contributed by atoms with Crippen molar-refractivity contribution in [1.82, 2.24) is 9.80 Å². The summed E-state index contributed by atoms with van der Waals surface area (Å²) in [4.78, 5) is 16.9. The van der Waals surface area contributed by atoms with E-state index in [9.17, 15) is 4.79 Å². The van der Waals surface area contributed by atoms with Crippen LogP contribution in [0.1, 0.15) is 32.1 Å². The smallest absolute Gasteiger partial charge is 0.321 e. The Bertz CT molecular complexity index is 681. The van der Waals surface area contributed by atoms with Crippen molar-refractivity contribution >= 4 is 11.7 Å². The molecule has 0 atom stereocenters. The van der Waals surface area contributed by atoms with Crippen molar-refractivity contribution in [2.75, 3.05) is 44.8 Å². The molecule has 0 bridgehead atoms. The summed E-state index contributed by atoms with van der Waals surface area (Å²) in [6, 6.07) is 5.45. The van der Waals surface area contributed by atoms with Crippen LogP contribution in [-0.4, -0.2) is 55.3 Å². The molecular formula is C20H27N3O3. The van der Waals surface area contributed by atoms with Crippen molar-refractivity contribution in [3.63, 3.8) is 0 Å². The summed E-state index contributed by atoms with van der Waals surface area (Å²) < 4.78 is 10.7. The molecule has 1 fully saturated rings. The second-order valence-corrected chi connectivity index (χ2v) is 7.19. The van der Waals surface area contributed by atoms with Gasteiger partial charge in [-0.25, -0.2) is 4.79 Å². The largest absolute Gasteiger partial charge is 0.454 e. The Kier molecular flexibility index (Phi) is 5.29. The molecule has 2 aliphatic heterocycles. The zero-order chi connectivity index (χ0) is 17.8. The molecule has 3 aliphatic rings. The molecule has 0 aromatic heterocycles. The Balaban J connectivity index is 1.22. The lowest BCUT2D eigenvalue weighted by Crippen LogP contribution is -2.50. The third kappa shape index (κ3) is 4.12. The van der Waals surface area contributed by atoms with Gasteiger partial charge >= 0.3 is 6.03 Å². The highest BCUT2D eigenvalue weighted by molar-refractivity contribution is 5.89. The average Bonchev–Trinajstić information content (AvgIpc) is 3.15. The van der Waals surface area contributed by atoms with Crippen LogP contribution in [0.5, 0.6) is 11.5 Å². The zero-order valence-corrected chi connectivity index (χ0v) is 15.2. The summed E-state index contributed by atoms with van der Waals surface area (Å²) in [5, 5.41) is 2.96. The van der Waals surface area contributed by atoms with Crippen LogP contribution >= 0.6 is 0 Å². The van der Waals surface area contributed by atoms with E-state index in [2.05, 4.69) is 16.3 Å². The van der Waals surface area contributed by atoms with E-state index < -0.39 is 0 Å². The van der Waals surface area contributed by atoms with E-state index in [1.54, 1.807) is 5.57 Å². The number of piperazine rings is 1. The fourth-order valence-electron chi connectivity index (χ4n) is 3.78. The fraction of sp³-hybridized carbons (Fsp3) is 0.550. The lowest BCUT2D eigenvalue weighted by Gasteiger charge is -2.35. The number of carbonyl (C=O) groups excluding carboxylic acids is 1. The molecule has 0 spiro atoms. The second-order valence-electron chi connectivity index (χ2n) is 7.19. The van der Waals surface area contributed by atoms with Gasteiger partial charge in [0, 0.05) is 44.5 Å². The van der Waals surface area contributed by atoms with Crippen LogP contribution in [0.15, 0.2) is 29.8 Å². The molecule has 0 unspecified atom stereocenters. The maximum Gasteiger partial charge on any atom is 0.321 e. The predicted octanol–water partition coefficient (Wildman–Crippen LogP) is 3.46. The van der Waals surface area contributed by atoms with Gasteiger partial charge < -0.3 is 19.7 Å². The first kappa shape index (κ1) is 17.2. The van der Waals surface area contributed by atoms with Gasteiger partial charge in [0.1, 0.15) is 0 Å². The molecule has 4 rings (SSSR count). The summed E-state index contributed by atoms with van der Waals surface area (Å²) in [5.41, 5.74) is 2.37. The van der Waals surface area contributed by atoms with Gasteiger partial charge in [0.25, 0.3) is 0 Å². The standard InChI is InChI=1S/C20H27N3O3/c24-20(21-17-6-7-18-19(14-17)26-15-25-18)23-12-10-22(11-13-23)9-8-16-4-2-1-3-5-16/h4,6-7,14H,1-3,5,8-13,15H2,(H,21,24). The molecular weight excluding hydrogens is 330 g/mol. The van der Waals surface area contributed by atoms with Gasteiger partial charge in [0.2, 0.25) is 6.79 Å². The Morgan fingerprint density at radius 2 is 1.92 bits per heavy atom. The molecule has 1 saturated heterocycles. The van der Waals surface area contributed by atoms with Crippen LogP contribution in [0, 0.1) is 0 Å². The lowest BCUT2D eigenvalue weighted by molar-refractivity contribution is 0.148. The third-order valence-electron chi connectivity index (χ3n) is 5.42. The minimum atomic E-state index is -0.0431. The van der Waals surface area contributed by atoms with Gasteiger partial charge in [-0.3, -0.25) is 4.90 Å². The van der Waals surface area contributed by atoms with Crippen molar-refractivity contribution in [3.05, 3.63) is 29.8 Å². The minimum absolute atomic E-state index is 0.0431. The Labute approximate surface area is 154 Å². The van der Waals surface area contributed by atoms with Crippen molar-refractivity contribution in [3.8, 4) is 11.5 Å². The number of allylic oxidation sites excluding steroid dienone is 1. The molecule has 26 heavy (non-hydrogen) atoms. The summed E-state index contributed by atoms with van der Waals surface area (Å²) in [7, 11) is 0. The minimum Gasteiger partial charge on any atom is -0.454 e. The van der Waals surface area contributed by atoms with Crippen LogP contribution in [-0.2, 0) is 0 Å². The van der Waals surface area contributed by atoms with Gasteiger partial charge in [-0.2, -0.15) is 0 Å². The normalized spacial score (nSPS) is 20.0. The Hall–Kier alpha value is -2.21. The summed E-state index contributed by atoms with van der Waals surface area (Å²) in [6.07, 6.45) is 8.84. The van der Waals surface area contributed by atoms with Crippen molar-refractivity contribution in [2.45, 2.75) is 32.1 Å². The van der Waals surface area contributed by atoms with E-state index >= 15 is 0 Å². The molecule has 1 aromatic carbocycles. The van der Waals surface area contributed by atoms with Crippen molar-refractivity contribution < 1.29 is 14.3 Å². The quantitative estimate of drug-likeness (QED) is 0.839. The molecule has 6 nitrogen and oxygen atoms in total. The molecule has 0 radical (unpaired) electrons. The molecule has 0 saturated carbocycles. The number of fused-ring (bicyclic) bond motifs is 1. The van der Waals surface area contributed by atoms with E-state index in [-0.39, 0.29) is 12.8 Å². The predicted molar refractivity (Wildman–Crippen MR) is 101 cm³/mol. The summed E-state index contributed by atoms with van der Waals surface area (Å²) in [6.45, 7) is 4.80. The number of nitrogens with zero attached hydrogens (tertiary/aromatic N) is 2. The number of anilines is 1. The maximum absolute atomic E-state index is 12.5. The van der Waals surface area contributed by atoms with Gasteiger partial charge in [-0.1, -0.05) is 11.6 Å². The van der Waals surface area contributed by atoms with Crippen molar-refractivity contribution in [1.29, 1.82) is 0 Å². The van der Waals surface area contributed by atoms with Crippen LogP contribution < -0.4 is 14.8 Å². The number of hydrogen-bond acceptors (Lipinski definition) is 4. The molecule has 140 valence electrons. The second kappa shape index (κ2) is 7.99. The molecule has 1 aromatic rings. The summed E-state index contributed by atoms with van der Waals surface area (Å²) in [5.74, 6) is 1.41. The van der Waals surface area contributed by atoms with Crippen molar-refractivity contribution in [2.24, 2.45) is 0 Å². The number of rotatable bonds is 4. The van der Waals surface area contributed by atoms with Crippen LogP contribution in [0.3, 0.4) is 0 Å². The Morgan fingerprint density at radius 3 is 2.73 bits per heavy atom. The monoisotopic (exact) mass is 357 g/mol. The Morgan fingerprint density at radius 1 is 1.08 bits per heavy atom. The van der Waals surface area contributed by atoms with Crippen LogP contribution in [0.4, 0.5) is 10.5 Å². The number of ether oxygens (including phenoxy) is 2. The van der Waals surface area contributed by atoms with Gasteiger partial charge in [0.15, 0.2) is 11.5 Å². The first-order chi connectivity index (χ1) is 12.8. The molecule has 2 amide bonds. The van der Waals surface area contributed by atoms with E-state index in [0.29, 0.717) is 5.75 Å². The number of amides is 2. The van der Waals surface area contributed by atoms with Gasteiger partial charge in [0.05, 0.1) is 0 Å². The zero-order valence-electron chi connectivity index (χ0n) is 15.2. The number of nitrogens with one attached hydrogen (secondary N) is 1. The average molecular weight is 357 g/mol. The SMILES string of the molecule is O=C(Nc1ccc2c(c1)OCO2)N1CCN(CCC2=CCCCC2)CC1. The number of carbonyl (C=O) groups is 1. The topological polar surface area (TPSA) is 54.0 Å². The van der Waals surface area contributed by atoms with Gasteiger partial charge in [-0.05, 0) is 44.2 Å². The number of benzene rings is 1. The molecule has 1 aliphatic carbocycles. The molecule has 6 heteroatoms. The van der Waals surface area contributed by atoms with E-state index in [1.165, 1.54) is 32.1 Å². The fourth-order valence-corrected chi connectivity index (χ4v) is 3.78. The van der Waals surface area contributed by atoms with E-state index in [1.807, 2.05) is 23.1 Å². The highest BCUT2D eigenvalue weighted by Gasteiger charge is 2.22. The van der Waals surface area contributed by atoms with Crippen LogP contribution in [0.2, 0.25) is 0 Å². The highest BCUT2D eigenvalue weighted by Crippen LogP contribution is 2.34. The number of hydrogen-bond donors (Lipinski definition) is 1. The first-order valence-corrected chi connectivity index (χ1v) is 9.64. The molecule has 2 heterocycles. The molecule has 1 N–H and O–H groups in total. The van der Waals surface area contributed by atoms with E-state index in [4.69, 9.17) is 9.47 Å². The summed E-state index contributed by atoms with van der Waals surface area (Å²) >= 11 is 0. The first-order valence-electron chi connectivity index (χ1n) is 9.64. The lowest BCUT2D eigenvalue weighted by atomic mass is 9.97. The van der Waals surface area contributed by atoms with Gasteiger partial charge in [-0.15, -0.1) is 0 Å². The van der Waals surface area contributed by atoms with E-state index in [0.717, 1.165) is 44.2 Å². The highest BCUT2D eigenvalue weighted by atomic mass is 16.7.